The molecule has 2 rings (SSSR count). The van der Waals surface area contributed by atoms with E-state index in [0.717, 1.165) is 22.6 Å². The number of hydrogen-bond acceptors (Lipinski definition) is 2. The van der Waals surface area contributed by atoms with Gasteiger partial charge in [0.05, 0.1) is 22.8 Å². The third kappa shape index (κ3) is 3.70. The number of carbonyl (C=O) groups excluding carboxylic acids is 1. The molecule has 0 N–H and O–H groups in total. The minimum Gasteiger partial charge on any atom is -0.343 e. The van der Waals surface area contributed by atoms with E-state index in [1.54, 1.807) is 21.7 Å². The zero-order valence-electron chi connectivity index (χ0n) is 14.0. The molecule has 0 bridgehead atoms. The van der Waals surface area contributed by atoms with Gasteiger partial charge in [0.2, 0.25) is 5.91 Å². The fraction of sp³-hybridized carbons (Fsp3) is 0.412. The summed E-state index contributed by atoms with van der Waals surface area (Å²) in [5, 5.41) is 5.65. The lowest BCUT2D eigenvalue weighted by atomic mass is 10.1. The Kier molecular flexibility index (Phi) is 5.37. The molecule has 0 radical (unpaired) electrons. The summed E-state index contributed by atoms with van der Waals surface area (Å²) in [6.45, 7) is 7.84. The molecule has 23 heavy (non-hydrogen) atoms. The molecule has 4 nitrogen and oxygen atoms in total. The van der Waals surface area contributed by atoms with E-state index >= 15 is 0 Å². The van der Waals surface area contributed by atoms with Gasteiger partial charge in [0.25, 0.3) is 0 Å². The Morgan fingerprint density at radius 1 is 1.30 bits per heavy atom. The first-order chi connectivity index (χ1) is 10.7. The molecule has 0 fully saturated rings. The fourth-order valence-corrected chi connectivity index (χ4v) is 2.87. The van der Waals surface area contributed by atoms with E-state index in [1.807, 2.05) is 40.8 Å². The molecule has 0 spiro atoms. The lowest BCUT2D eigenvalue weighted by Crippen LogP contribution is -2.34. The first kappa shape index (κ1) is 17.8. The second kappa shape index (κ2) is 6.93. The molecule has 0 saturated heterocycles. The van der Waals surface area contributed by atoms with Crippen molar-refractivity contribution in [2.75, 3.05) is 7.05 Å². The maximum atomic E-state index is 12.4. The van der Waals surface area contributed by atoms with Crippen LogP contribution >= 0.6 is 23.2 Å². The Labute approximate surface area is 147 Å². The molecule has 0 aliphatic heterocycles. The zero-order valence-corrected chi connectivity index (χ0v) is 15.5. The van der Waals surface area contributed by atoms with Crippen molar-refractivity contribution in [3.63, 3.8) is 0 Å². The molecular formula is C17H21Cl2N3O. The van der Waals surface area contributed by atoms with E-state index in [2.05, 4.69) is 5.10 Å². The number of halogens is 2. The maximum Gasteiger partial charge on any atom is 0.227 e. The van der Waals surface area contributed by atoms with Gasteiger partial charge in [-0.15, -0.1) is 0 Å². The largest absolute Gasteiger partial charge is 0.343 e. The first-order valence-corrected chi connectivity index (χ1v) is 8.24. The lowest BCUT2D eigenvalue weighted by molar-refractivity contribution is -0.130. The number of nitrogens with zero attached hydrogens (tertiary/aromatic N) is 3. The number of amides is 1. The van der Waals surface area contributed by atoms with Gasteiger partial charge < -0.3 is 4.90 Å². The molecule has 1 amide bonds. The first-order valence-electron chi connectivity index (χ1n) is 7.48. The van der Waals surface area contributed by atoms with Crippen LogP contribution in [0, 0.1) is 13.8 Å². The molecule has 2 aromatic rings. The van der Waals surface area contributed by atoms with Crippen molar-refractivity contribution in [1.29, 1.82) is 0 Å². The highest BCUT2D eigenvalue weighted by molar-refractivity contribution is 6.35. The highest BCUT2D eigenvalue weighted by Gasteiger charge is 2.20. The smallest absolute Gasteiger partial charge is 0.227 e. The molecule has 1 aromatic carbocycles. The van der Waals surface area contributed by atoms with Crippen molar-refractivity contribution in [3.8, 4) is 5.69 Å². The summed E-state index contributed by atoms with van der Waals surface area (Å²) in [7, 11) is 1.82. The van der Waals surface area contributed by atoms with Gasteiger partial charge in [0.15, 0.2) is 0 Å². The Bertz CT molecular complexity index is 738. The summed E-state index contributed by atoms with van der Waals surface area (Å²) in [5.74, 6) is 0.0768. The Morgan fingerprint density at radius 3 is 2.52 bits per heavy atom. The molecule has 1 aromatic heterocycles. The number of aromatic nitrogens is 2. The molecule has 1 heterocycles. The Balaban J connectivity index is 2.38. The standard InChI is InChI=1S/C17H21Cl2N3O/c1-10(2)21(5)17(23)9-14-11(3)20-22(12(14)4)16-7-6-13(18)8-15(16)19/h6-8,10H,9H2,1-5H3. The third-order valence-corrected chi connectivity index (χ3v) is 4.61. The van der Waals surface area contributed by atoms with Gasteiger partial charge in [-0.3, -0.25) is 4.79 Å². The number of carbonyl (C=O) groups is 1. The van der Waals surface area contributed by atoms with Crippen LogP contribution in [0.2, 0.25) is 10.0 Å². The molecule has 0 saturated carbocycles. The molecule has 0 aliphatic rings. The van der Waals surface area contributed by atoms with Crippen molar-refractivity contribution < 1.29 is 4.79 Å². The second-order valence-electron chi connectivity index (χ2n) is 5.93. The lowest BCUT2D eigenvalue weighted by Gasteiger charge is -2.21. The third-order valence-electron chi connectivity index (χ3n) is 4.08. The van der Waals surface area contributed by atoms with Gasteiger partial charge in [0, 0.05) is 29.4 Å². The predicted molar refractivity (Wildman–Crippen MR) is 94.7 cm³/mol. The zero-order chi connectivity index (χ0) is 17.3. The minimum absolute atomic E-state index is 0.0768. The summed E-state index contributed by atoms with van der Waals surface area (Å²) < 4.78 is 1.77. The SMILES string of the molecule is Cc1nn(-c2ccc(Cl)cc2Cl)c(C)c1CC(=O)N(C)C(C)C. The van der Waals surface area contributed by atoms with Crippen LogP contribution in [-0.2, 0) is 11.2 Å². The van der Waals surface area contributed by atoms with Crippen molar-refractivity contribution in [1.82, 2.24) is 14.7 Å². The minimum atomic E-state index is 0.0768. The Morgan fingerprint density at radius 2 is 1.96 bits per heavy atom. The summed E-state index contributed by atoms with van der Waals surface area (Å²) in [5.41, 5.74) is 3.44. The number of hydrogen-bond donors (Lipinski definition) is 0. The number of benzene rings is 1. The van der Waals surface area contributed by atoms with Crippen LogP contribution in [0.4, 0.5) is 0 Å². The van der Waals surface area contributed by atoms with E-state index in [1.165, 1.54) is 0 Å². The van der Waals surface area contributed by atoms with Gasteiger partial charge in [0.1, 0.15) is 0 Å². The van der Waals surface area contributed by atoms with Gasteiger partial charge >= 0.3 is 0 Å². The van der Waals surface area contributed by atoms with Gasteiger partial charge in [-0.25, -0.2) is 4.68 Å². The average Bonchev–Trinajstić information content (AvgIpc) is 2.74. The molecular weight excluding hydrogens is 333 g/mol. The van der Waals surface area contributed by atoms with Crippen LogP contribution in [0.3, 0.4) is 0 Å². The van der Waals surface area contributed by atoms with Gasteiger partial charge in [-0.2, -0.15) is 5.10 Å². The van der Waals surface area contributed by atoms with Crippen LogP contribution in [0.1, 0.15) is 30.8 Å². The van der Waals surface area contributed by atoms with E-state index in [0.29, 0.717) is 16.5 Å². The monoisotopic (exact) mass is 353 g/mol. The van der Waals surface area contributed by atoms with Gasteiger partial charge in [-0.1, -0.05) is 23.2 Å². The van der Waals surface area contributed by atoms with Crippen molar-refractivity contribution >= 4 is 29.1 Å². The van der Waals surface area contributed by atoms with Crippen LogP contribution in [0.25, 0.3) is 5.69 Å². The highest BCUT2D eigenvalue weighted by Crippen LogP contribution is 2.27. The summed E-state index contributed by atoms with van der Waals surface area (Å²) in [4.78, 5) is 14.1. The predicted octanol–water partition coefficient (Wildman–Crippen LogP) is 4.21. The summed E-state index contributed by atoms with van der Waals surface area (Å²) in [6.07, 6.45) is 0.331. The normalized spacial score (nSPS) is 11.1. The van der Waals surface area contributed by atoms with Crippen LogP contribution < -0.4 is 0 Å². The highest BCUT2D eigenvalue weighted by atomic mass is 35.5. The molecule has 6 heteroatoms. The number of aryl methyl sites for hydroxylation is 1. The van der Waals surface area contributed by atoms with Crippen molar-refractivity contribution in [3.05, 3.63) is 45.2 Å². The van der Waals surface area contributed by atoms with E-state index in [4.69, 9.17) is 23.2 Å². The topological polar surface area (TPSA) is 38.1 Å². The number of rotatable bonds is 4. The molecule has 0 aliphatic carbocycles. The Hall–Kier alpha value is -1.52. The van der Waals surface area contributed by atoms with E-state index in [9.17, 15) is 4.79 Å². The second-order valence-corrected chi connectivity index (χ2v) is 6.78. The molecule has 0 unspecified atom stereocenters. The van der Waals surface area contributed by atoms with Crippen molar-refractivity contribution in [2.24, 2.45) is 0 Å². The van der Waals surface area contributed by atoms with E-state index < -0.39 is 0 Å². The average molecular weight is 354 g/mol. The van der Waals surface area contributed by atoms with Gasteiger partial charge in [-0.05, 0) is 45.9 Å². The van der Waals surface area contributed by atoms with Crippen LogP contribution in [0.15, 0.2) is 18.2 Å². The van der Waals surface area contributed by atoms with Crippen molar-refractivity contribution in [2.45, 2.75) is 40.2 Å². The van der Waals surface area contributed by atoms with Crippen LogP contribution in [-0.4, -0.2) is 33.7 Å². The van der Waals surface area contributed by atoms with E-state index in [-0.39, 0.29) is 11.9 Å². The molecule has 0 atom stereocenters. The fourth-order valence-electron chi connectivity index (χ4n) is 2.38. The quantitative estimate of drug-likeness (QED) is 0.825. The maximum absolute atomic E-state index is 12.4. The summed E-state index contributed by atoms with van der Waals surface area (Å²) in [6, 6.07) is 5.46. The molecule has 124 valence electrons. The number of likely N-dealkylation sites (N-methyl/N-ethyl adjacent to an activating group) is 1. The summed E-state index contributed by atoms with van der Waals surface area (Å²) >= 11 is 12.2. The van der Waals surface area contributed by atoms with Crippen LogP contribution in [0.5, 0.6) is 0 Å².